The minimum atomic E-state index is -0.209. The Hall–Kier alpha value is -2.23. The van der Waals surface area contributed by atoms with Crippen molar-refractivity contribution in [2.75, 3.05) is 11.9 Å². The van der Waals surface area contributed by atoms with Gasteiger partial charge in [0.2, 0.25) is 0 Å². The van der Waals surface area contributed by atoms with E-state index in [1.807, 2.05) is 25.1 Å². The third-order valence-corrected chi connectivity index (χ3v) is 3.36. The summed E-state index contributed by atoms with van der Waals surface area (Å²) in [7, 11) is 0. The standard InChI is InChI=1S/C14H14N4OS/c1-2-11-13(20-18-17-11)14(19)16-12-8-4-3-6-10(12)7-5-9-15/h3-4,6,8H,2,9,15H2,1H3,(H,16,19). The number of benzene rings is 1. The van der Waals surface area contributed by atoms with E-state index in [0.717, 1.165) is 17.1 Å². The number of nitrogens with two attached hydrogens (primary N) is 1. The maximum absolute atomic E-state index is 12.2. The molecule has 1 heterocycles. The summed E-state index contributed by atoms with van der Waals surface area (Å²) in [5, 5.41) is 6.78. The molecular formula is C14H14N4OS. The van der Waals surface area contributed by atoms with Gasteiger partial charge in [-0.2, -0.15) is 0 Å². The molecule has 2 rings (SSSR count). The van der Waals surface area contributed by atoms with E-state index in [0.29, 0.717) is 22.7 Å². The minimum absolute atomic E-state index is 0.209. The summed E-state index contributed by atoms with van der Waals surface area (Å²) in [5.41, 5.74) is 7.47. The van der Waals surface area contributed by atoms with Crippen LogP contribution in [0.3, 0.4) is 0 Å². The van der Waals surface area contributed by atoms with Crippen molar-refractivity contribution in [1.82, 2.24) is 9.59 Å². The van der Waals surface area contributed by atoms with Gasteiger partial charge < -0.3 is 11.1 Å². The predicted octanol–water partition coefficient (Wildman–Crippen LogP) is 1.66. The number of aromatic nitrogens is 2. The van der Waals surface area contributed by atoms with E-state index in [1.54, 1.807) is 6.07 Å². The van der Waals surface area contributed by atoms with Gasteiger partial charge in [0.25, 0.3) is 5.91 Å². The van der Waals surface area contributed by atoms with E-state index >= 15 is 0 Å². The molecule has 1 amide bonds. The van der Waals surface area contributed by atoms with Crippen LogP contribution in [-0.2, 0) is 6.42 Å². The van der Waals surface area contributed by atoms with Crippen molar-refractivity contribution in [1.29, 1.82) is 0 Å². The third-order valence-electron chi connectivity index (χ3n) is 2.60. The summed E-state index contributed by atoms with van der Waals surface area (Å²) in [6, 6.07) is 7.35. The first kappa shape index (κ1) is 14.2. The monoisotopic (exact) mass is 286 g/mol. The van der Waals surface area contributed by atoms with Gasteiger partial charge in [0.05, 0.1) is 17.9 Å². The van der Waals surface area contributed by atoms with E-state index in [2.05, 4.69) is 26.7 Å². The van der Waals surface area contributed by atoms with Crippen molar-refractivity contribution in [3.05, 3.63) is 40.4 Å². The van der Waals surface area contributed by atoms with Crippen molar-refractivity contribution in [2.24, 2.45) is 5.73 Å². The molecule has 5 nitrogen and oxygen atoms in total. The molecule has 0 saturated heterocycles. The number of aryl methyl sites for hydroxylation is 1. The first-order chi connectivity index (χ1) is 9.76. The van der Waals surface area contributed by atoms with Crippen LogP contribution in [0.25, 0.3) is 0 Å². The highest BCUT2D eigenvalue weighted by molar-refractivity contribution is 7.08. The summed E-state index contributed by atoms with van der Waals surface area (Å²) in [4.78, 5) is 12.8. The lowest BCUT2D eigenvalue weighted by Gasteiger charge is -2.06. The second kappa shape index (κ2) is 6.80. The molecule has 0 radical (unpaired) electrons. The smallest absolute Gasteiger partial charge is 0.269 e. The first-order valence-corrected chi connectivity index (χ1v) is 6.94. The average Bonchev–Trinajstić information content (AvgIpc) is 2.95. The fourth-order valence-electron chi connectivity index (χ4n) is 1.64. The molecule has 102 valence electrons. The third kappa shape index (κ3) is 3.20. The zero-order valence-electron chi connectivity index (χ0n) is 11.0. The van der Waals surface area contributed by atoms with Crippen LogP contribution in [0.4, 0.5) is 5.69 Å². The molecule has 0 aliphatic rings. The number of para-hydroxylation sites is 1. The summed E-state index contributed by atoms with van der Waals surface area (Å²) in [6.07, 6.45) is 0.674. The second-order valence-corrected chi connectivity index (χ2v) is 4.66. The Bertz CT molecular complexity index is 669. The summed E-state index contributed by atoms with van der Waals surface area (Å²) >= 11 is 1.10. The molecule has 3 N–H and O–H groups in total. The van der Waals surface area contributed by atoms with Crippen molar-refractivity contribution in [3.63, 3.8) is 0 Å². The molecule has 1 aromatic heterocycles. The molecule has 0 bridgehead atoms. The van der Waals surface area contributed by atoms with Crippen molar-refractivity contribution in [3.8, 4) is 11.8 Å². The molecule has 6 heteroatoms. The Morgan fingerprint density at radius 2 is 2.25 bits per heavy atom. The Kier molecular flexibility index (Phi) is 4.82. The van der Waals surface area contributed by atoms with Gasteiger partial charge in [0.1, 0.15) is 4.88 Å². The van der Waals surface area contributed by atoms with Crippen molar-refractivity contribution in [2.45, 2.75) is 13.3 Å². The van der Waals surface area contributed by atoms with Gasteiger partial charge in [0, 0.05) is 5.56 Å². The predicted molar refractivity (Wildman–Crippen MR) is 79.6 cm³/mol. The topological polar surface area (TPSA) is 80.9 Å². The molecular weight excluding hydrogens is 272 g/mol. The number of nitrogens with one attached hydrogen (secondary N) is 1. The number of amides is 1. The SMILES string of the molecule is CCc1nnsc1C(=O)Nc1ccccc1C#CCN. The number of hydrogen-bond donors (Lipinski definition) is 2. The summed E-state index contributed by atoms with van der Waals surface area (Å²) in [6.45, 7) is 2.22. The van der Waals surface area contributed by atoms with Crippen LogP contribution in [-0.4, -0.2) is 22.0 Å². The van der Waals surface area contributed by atoms with Gasteiger partial charge in [-0.1, -0.05) is 35.4 Å². The molecule has 0 unspecified atom stereocenters. The van der Waals surface area contributed by atoms with Gasteiger partial charge >= 0.3 is 0 Å². The van der Waals surface area contributed by atoms with Crippen LogP contribution in [0.2, 0.25) is 0 Å². The number of carbonyl (C=O) groups is 1. The lowest BCUT2D eigenvalue weighted by atomic mass is 10.1. The number of rotatable bonds is 3. The van der Waals surface area contributed by atoms with E-state index in [4.69, 9.17) is 5.73 Å². The highest BCUT2D eigenvalue weighted by Gasteiger charge is 2.15. The van der Waals surface area contributed by atoms with Crippen LogP contribution in [0.15, 0.2) is 24.3 Å². The van der Waals surface area contributed by atoms with Crippen LogP contribution < -0.4 is 11.1 Å². The quantitative estimate of drug-likeness (QED) is 0.841. The normalized spacial score (nSPS) is 9.70. The molecule has 0 spiro atoms. The lowest BCUT2D eigenvalue weighted by molar-refractivity contribution is 0.102. The Morgan fingerprint density at radius 3 is 3.00 bits per heavy atom. The second-order valence-electron chi connectivity index (χ2n) is 3.91. The number of nitrogens with zero attached hydrogens (tertiary/aromatic N) is 2. The molecule has 0 aliphatic carbocycles. The van der Waals surface area contributed by atoms with E-state index < -0.39 is 0 Å². The van der Waals surface area contributed by atoms with E-state index in [9.17, 15) is 4.79 Å². The largest absolute Gasteiger partial charge is 0.320 e. The molecule has 1 aromatic carbocycles. The Labute approximate surface area is 121 Å². The molecule has 0 atom stereocenters. The number of anilines is 1. The molecule has 0 saturated carbocycles. The maximum Gasteiger partial charge on any atom is 0.269 e. The van der Waals surface area contributed by atoms with Crippen LogP contribution in [0.1, 0.15) is 27.9 Å². The number of hydrogen-bond acceptors (Lipinski definition) is 5. The summed E-state index contributed by atoms with van der Waals surface area (Å²) < 4.78 is 3.81. The molecule has 0 fully saturated rings. The van der Waals surface area contributed by atoms with Gasteiger partial charge in [0.15, 0.2) is 0 Å². The number of carbonyl (C=O) groups excluding carboxylic acids is 1. The van der Waals surface area contributed by atoms with Crippen LogP contribution >= 0.6 is 11.5 Å². The van der Waals surface area contributed by atoms with Gasteiger partial charge in [-0.25, -0.2) is 0 Å². The van der Waals surface area contributed by atoms with E-state index in [-0.39, 0.29) is 12.5 Å². The zero-order valence-corrected chi connectivity index (χ0v) is 11.8. The lowest BCUT2D eigenvalue weighted by Crippen LogP contribution is -2.13. The van der Waals surface area contributed by atoms with Crippen LogP contribution in [0.5, 0.6) is 0 Å². The van der Waals surface area contributed by atoms with E-state index in [1.165, 1.54) is 0 Å². The van der Waals surface area contributed by atoms with Gasteiger partial charge in [-0.05, 0) is 30.1 Å². The molecule has 2 aromatic rings. The highest BCUT2D eigenvalue weighted by atomic mass is 32.1. The average molecular weight is 286 g/mol. The Balaban J connectivity index is 2.24. The van der Waals surface area contributed by atoms with Gasteiger partial charge in [-0.15, -0.1) is 5.10 Å². The first-order valence-electron chi connectivity index (χ1n) is 6.16. The molecule has 0 aliphatic heterocycles. The summed E-state index contributed by atoms with van der Waals surface area (Å²) in [5.74, 6) is 5.51. The van der Waals surface area contributed by atoms with Crippen LogP contribution in [0, 0.1) is 11.8 Å². The zero-order chi connectivity index (χ0) is 14.4. The van der Waals surface area contributed by atoms with Crippen molar-refractivity contribution >= 4 is 23.1 Å². The fourth-order valence-corrected chi connectivity index (χ4v) is 2.28. The highest BCUT2D eigenvalue weighted by Crippen LogP contribution is 2.17. The van der Waals surface area contributed by atoms with Crippen molar-refractivity contribution < 1.29 is 4.79 Å². The fraction of sp³-hybridized carbons (Fsp3) is 0.214. The maximum atomic E-state index is 12.2. The Morgan fingerprint density at radius 1 is 1.45 bits per heavy atom. The minimum Gasteiger partial charge on any atom is -0.320 e. The van der Waals surface area contributed by atoms with Gasteiger partial charge in [-0.3, -0.25) is 4.79 Å². The molecule has 20 heavy (non-hydrogen) atoms.